The summed E-state index contributed by atoms with van der Waals surface area (Å²) in [5.74, 6) is -0.345. The van der Waals surface area contributed by atoms with Gasteiger partial charge in [0, 0.05) is 11.8 Å². The van der Waals surface area contributed by atoms with Gasteiger partial charge in [-0.15, -0.1) is 0 Å². The average molecular weight is 402 g/mol. The third kappa shape index (κ3) is 2.70. The predicted molar refractivity (Wildman–Crippen MR) is 108 cm³/mol. The first-order chi connectivity index (χ1) is 13.5. The molecule has 1 heterocycles. The SMILES string of the molecule is CC(=O)BO[C@]12CCC(C)=C([C@@H](O)C(=O)[C@@]3(C)C(=C4COC4C[C@@H]3O)C1)C2(C)C. The number of allylic oxidation sites excluding steroid dienone is 1. The Bertz CT molecular complexity index is 842. The first-order valence-electron chi connectivity index (χ1n) is 10.5. The molecule has 2 N–H and O–H groups in total. The molecule has 1 aliphatic heterocycles. The van der Waals surface area contributed by atoms with Crippen LogP contribution < -0.4 is 0 Å². The largest absolute Gasteiger partial charge is 0.424 e. The molecule has 0 amide bonds. The lowest BCUT2D eigenvalue weighted by Crippen LogP contribution is -2.63. The van der Waals surface area contributed by atoms with Crippen LogP contribution in [0.2, 0.25) is 0 Å². The summed E-state index contributed by atoms with van der Waals surface area (Å²) in [5, 5.41) is 22.3. The number of aliphatic hydroxyl groups excluding tert-OH is 2. The highest BCUT2D eigenvalue weighted by Gasteiger charge is 2.62. The fourth-order valence-electron chi connectivity index (χ4n) is 6.10. The van der Waals surface area contributed by atoms with Crippen LogP contribution in [0.5, 0.6) is 0 Å². The number of carbonyl (C=O) groups excluding carboxylic acids is 2. The van der Waals surface area contributed by atoms with Gasteiger partial charge in [-0.2, -0.15) is 0 Å². The minimum Gasteiger partial charge on any atom is -0.424 e. The van der Waals surface area contributed by atoms with Gasteiger partial charge in [-0.1, -0.05) is 19.4 Å². The molecule has 1 saturated carbocycles. The third-order valence-corrected chi connectivity index (χ3v) is 8.17. The lowest BCUT2D eigenvalue weighted by Gasteiger charge is -2.59. The van der Waals surface area contributed by atoms with Crippen LogP contribution in [0.25, 0.3) is 0 Å². The second-order valence-corrected chi connectivity index (χ2v) is 10.0. The van der Waals surface area contributed by atoms with E-state index in [0.29, 0.717) is 37.9 Å². The Morgan fingerprint density at radius 2 is 1.97 bits per heavy atom. The highest BCUT2D eigenvalue weighted by Crippen LogP contribution is 2.60. The summed E-state index contributed by atoms with van der Waals surface area (Å²) in [7, 11) is -0.0123. The summed E-state index contributed by atoms with van der Waals surface area (Å²) in [6.07, 6.45) is -0.214. The van der Waals surface area contributed by atoms with E-state index in [4.69, 9.17) is 9.39 Å². The fraction of sp³-hybridized carbons (Fsp3) is 0.727. The van der Waals surface area contributed by atoms with Gasteiger partial charge in [0.1, 0.15) is 11.8 Å². The van der Waals surface area contributed by atoms with Crippen LogP contribution in [0.1, 0.15) is 60.3 Å². The zero-order valence-electron chi connectivity index (χ0n) is 18.0. The van der Waals surface area contributed by atoms with Crippen LogP contribution >= 0.6 is 0 Å². The molecule has 158 valence electrons. The summed E-state index contributed by atoms with van der Waals surface area (Å²) in [6.45, 7) is 9.66. The molecule has 4 aliphatic rings. The lowest BCUT2D eigenvalue weighted by atomic mass is 9.51. The van der Waals surface area contributed by atoms with E-state index >= 15 is 0 Å². The standard InChI is InChI=1S/C22H31BO6/c1-11-6-7-22(29-23-12(2)24)9-14-13-10-28-15(13)8-16(25)21(14,5)19(27)18(26)17(11)20(22,3)4/h15-16,18,23,25-26H,6-10H2,1-5H3/t15?,16-,18+,21-,22+/m0/s1. The van der Waals surface area contributed by atoms with E-state index in [1.54, 1.807) is 6.92 Å². The fourth-order valence-corrected chi connectivity index (χ4v) is 6.10. The van der Waals surface area contributed by atoms with Crippen LogP contribution in [-0.2, 0) is 19.0 Å². The molecule has 29 heavy (non-hydrogen) atoms. The van der Waals surface area contributed by atoms with Crippen LogP contribution in [0.15, 0.2) is 22.3 Å². The summed E-state index contributed by atoms with van der Waals surface area (Å²) in [5.41, 5.74) is 0.943. The van der Waals surface area contributed by atoms with E-state index in [0.717, 1.165) is 16.7 Å². The second-order valence-electron chi connectivity index (χ2n) is 10.0. The van der Waals surface area contributed by atoms with Crippen molar-refractivity contribution in [1.82, 2.24) is 0 Å². The van der Waals surface area contributed by atoms with Gasteiger partial charge in [0.25, 0.3) is 0 Å². The maximum atomic E-state index is 13.6. The molecule has 0 aromatic heterocycles. The quantitative estimate of drug-likeness (QED) is 0.550. The van der Waals surface area contributed by atoms with Crippen molar-refractivity contribution in [3.05, 3.63) is 22.3 Å². The normalized spacial score (nSPS) is 41.1. The van der Waals surface area contributed by atoms with Crippen molar-refractivity contribution in [2.45, 2.75) is 84.2 Å². The number of carbonyl (C=O) groups is 2. The van der Waals surface area contributed by atoms with Crippen molar-refractivity contribution in [1.29, 1.82) is 0 Å². The van der Waals surface area contributed by atoms with Gasteiger partial charge in [-0.05, 0) is 56.8 Å². The molecule has 0 aromatic rings. The number of ether oxygens (including phenoxy) is 1. The first kappa shape index (κ1) is 21.0. The molecule has 7 heteroatoms. The monoisotopic (exact) mass is 402 g/mol. The highest BCUT2D eigenvalue weighted by molar-refractivity contribution is 6.68. The molecule has 2 bridgehead atoms. The Hall–Kier alpha value is -1.28. The lowest BCUT2D eigenvalue weighted by molar-refractivity contribution is -0.150. The van der Waals surface area contributed by atoms with Gasteiger partial charge in [0.15, 0.2) is 5.78 Å². The van der Waals surface area contributed by atoms with Gasteiger partial charge in [0.05, 0.1) is 29.8 Å². The molecule has 0 aromatic carbocycles. The molecule has 1 unspecified atom stereocenters. The molecular formula is C22H31BO6. The number of fused-ring (bicyclic) bond motifs is 4. The van der Waals surface area contributed by atoms with E-state index < -0.39 is 28.6 Å². The zero-order chi connectivity index (χ0) is 21.4. The van der Waals surface area contributed by atoms with Gasteiger partial charge in [-0.25, -0.2) is 0 Å². The van der Waals surface area contributed by atoms with E-state index in [-0.39, 0.29) is 25.1 Å². The molecule has 5 atom stereocenters. The van der Waals surface area contributed by atoms with Crippen molar-refractivity contribution >= 4 is 18.9 Å². The minimum absolute atomic E-state index is 0.0123. The van der Waals surface area contributed by atoms with Gasteiger partial charge >= 0.3 is 7.48 Å². The molecular weight excluding hydrogens is 371 g/mol. The van der Waals surface area contributed by atoms with E-state index in [1.807, 2.05) is 20.8 Å². The van der Waals surface area contributed by atoms with Crippen LogP contribution in [-0.4, -0.2) is 59.7 Å². The molecule has 3 aliphatic carbocycles. The van der Waals surface area contributed by atoms with E-state index in [9.17, 15) is 19.8 Å². The number of hydrogen-bond donors (Lipinski definition) is 2. The van der Waals surface area contributed by atoms with E-state index in [1.165, 1.54) is 6.92 Å². The summed E-state index contributed by atoms with van der Waals surface area (Å²) in [4.78, 5) is 25.4. The smallest absolute Gasteiger partial charge is 0.350 e. The molecule has 4 rings (SSSR count). The summed E-state index contributed by atoms with van der Waals surface area (Å²) in [6, 6.07) is 0. The van der Waals surface area contributed by atoms with Gasteiger partial charge in [0.2, 0.25) is 0 Å². The number of aliphatic hydroxyl groups is 2. The Labute approximate surface area is 172 Å². The first-order valence-corrected chi connectivity index (χ1v) is 10.5. The average Bonchev–Trinajstić information content (AvgIpc) is 2.62. The predicted octanol–water partition coefficient (Wildman–Crippen LogP) is 1.58. The number of ketones is 1. The molecule has 2 fully saturated rings. The number of rotatable bonds is 3. The molecule has 6 nitrogen and oxygen atoms in total. The van der Waals surface area contributed by atoms with E-state index in [2.05, 4.69) is 0 Å². The Morgan fingerprint density at radius 3 is 2.55 bits per heavy atom. The Balaban J connectivity index is 1.95. The molecule has 0 radical (unpaired) electrons. The summed E-state index contributed by atoms with van der Waals surface area (Å²) < 4.78 is 12.0. The Kier molecular flexibility index (Phi) is 4.78. The molecule has 0 spiro atoms. The maximum Gasteiger partial charge on any atom is 0.350 e. The minimum atomic E-state index is -1.31. The van der Waals surface area contributed by atoms with Crippen LogP contribution in [0.3, 0.4) is 0 Å². The highest BCUT2D eigenvalue weighted by atomic mass is 16.5. The van der Waals surface area contributed by atoms with Crippen molar-refractivity contribution in [3.8, 4) is 0 Å². The zero-order valence-corrected chi connectivity index (χ0v) is 18.0. The van der Waals surface area contributed by atoms with Crippen molar-refractivity contribution in [2.75, 3.05) is 6.61 Å². The van der Waals surface area contributed by atoms with Crippen molar-refractivity contribution in [3.63, 3.8) is 0 Å². The maximum absolute atomic E-state index is 13.6. The van der Waals surface area contributed by atoms with Gasteiger partial charge in [-0.3, -0.25) is 4.79 Å². The number of hydrogen-bond acceptors (Lipinski definition) is 6. The third-order valence-electron chi connectivity index (χ3n) is 8.17. The topological polar surface area (TPSA) is 93.1 Å². The van der Waals surface area contributed by atoms with Crippen LogP contribution in [0, 0.1) is 10.8 Å². The summed E-state index contributed by atoms with van der Waals surface area (Å²) >= 11 is 0. The van der Waals surface area contributed by atoms with Crippen molar-refractivity contribution in [2.24, 2.45) is 10.8 Å². The Morgan fingerprint density at radius 1 is 1.28 bits per heavy atom. The van der Waals surface area contributed by atoms with Crippen molar-refractivity contribution < 1.29 is 29.2 Å². The van der Waals surface area contributed by atoms with Gasteiger partial charge < -0.3 is 24.4 Å². The van der Waals surface area contributed by atoms with Crippen LogP contribution in [0.4, 0.5) is 0 Å². The number of Topliss-reactive ketones (excluding diaryl/α,β-unsaturated/α-hetero) is 1. The molecule has 1 saturated heterocycles. The second kappa shape index (κ2) is 6.61.